The lowest BCUT2D eigenvalue weighted by Gasteiger charge is -2.01. The van der Waals surface area contributed by atoms with Gasteiger partial charge in [0.2, 0.25) is 0 Å². The summed E-state index contributed by atoms with van der Waals surface area (Å²) in [5, 5.41) is 11.1. The van der Waals surface area contributed by atoms with Crippen molar-refractivity contribution in [1.82, 2.24) is 4.98 Å². The van der Waals surface area contributed by atoms with Gasteiger partial charge in [0.05, 0.1) is 10.4 Å². The molecule has 0 fully saturated rings. The van der Waals surface area contributed by atoms with Crippen LogP contribution in [-0.4, -0.2) is 9.91 Å². The van der Waals surface area contributed by atoms with Crippen LogP contribution in [0.15, 0.2) is 29.1 Å². The van der Waals surface area contributed by atoms with Crippen molar-refractivity contribution in [2.75, 3.05) is 5.73 Å². The molecule has 3 N–H and O–H groups in total. The van der Waals surface area contributed by atoms with E-state index in [9.17, 15) is 14.9 Å². The van der Waals surface area contributed by atoms with Crippen molar-refractivity contribution in [3.8, 4) is 0 Å². The summed E-state index contributed by atoms with van der Waals surface area (Å²) in [7, 11) is 0. The SMILES string of the molecule is Nc1c([N+](=O)[O-])c(=O)[nH]c2ccccc12. The van der Waals surface area contributed by atoms with Crippen LogP contribution in [-0.2, 0) is 0 Å². The maximum Gasteiger partial charge on any atom is 0.357 e. The molecule has 0 aliphatic carbocycles. The Morgan fingerprint density at radius 3 is 2.67 bits per heavy atom. The van der Waals surface area contributed by atoms with Gasteiger partial charge in [0.1, 0.15) is 5.69 Å². The van der Waals surface area contributed by atoms with E-state index in [0.717, 1.165) is 0 Å². The summed E-state index contributed by atoms with van der Waals surface area (Å²) < 4.78 is 0. The number of nitrogens with two attached hydrogens (primary N) is 1. The van der Waals surface area contributed by atoms with E-state index in [1.54, 1.807) is 24.3 Å². The molecule has 0 spiro atoms. The lowest BCUT2D eigenvalue weighted by atomic mass is 10.2. The van der Waals surface area contributed by atoms with E-state index in [-0.39, 0.29) is 5.69 Å². The summed E-state index contributed by atoms with van der Waals surface area (Å²) in [4.78, 5) is 23.5. The van der Waals surface area contributed by atoms with Crippen molar-refractivity contribution >= 4 is 22.3 Å². The topological polar surface area (TPSA) is 102 Å². The van der Waals surface area contributed by atoms with E-state index in [1.807, 2.05) is 0 Å². The van der Waals surface area contributed by atoms with E-state index in [4.69, 9.17) is 5.73 Å². The Bertz CT molecular complexity index is 603. The number of hydrogen-bond acceptors (Lipinski definition) is 4. The van der Waals surface area contributed by atoms with Gasteiger partial charge in [0.25, 0.3) is 0 Å². The molecule has 0 unspecified atom stereocenters. The van der Waals surface area contributed by atoms with Crippen molar-refractivity contribution in [3.05, 3.63) is 44.7 Å². The first-order valence-electron chi connectivity index (χ1n) is 4.16. The van der Waals surface area contributed by atoms with E-state index in [2.05, 4.69) is 4.98 Å². The number of H-pyrrole nitrogens is 1. The zero-order valence-electron chi connectivity index (χ0n) is 7.56. The molecule has 2 rings (SSSR count). The number of nitro groups is 1. The second kappa shape index (κ2) is 3.09. The van der Waals surface area contributed by atoms with Gasteiger partial charge in [-0.1, -0.05) is 18.2 Å². The number of benzene rings is 1. The summed E-state index contributed by atoms with van der Waals surface area (Å²) in [6, 6.07) is 6.66. The third kappa shape index (κ3) is 1.32. The summed E-state index contributed by atoms with van der Waals surface area (Å²) in [5.41, 5.74) is 4.57. The number of fused-ring (bicyclic) bond motifs is 1. The molecule has 0 aliphatic rings. The van der Waals surface area contributed by atoms with Crippen LogP contribution in [0, 0.1) is 10.1 Å². The van der Waals surface area contributed by atoms with Gasteiger partial charge >= 0.3 is 11.2 Å². The average Bonchev–Trinajstić information content (AvgIpc) is 2.17. The minimum absolute atomic E-state index is 0.0978. The molecule has 0 saturated carbocycles. The predicted molar refractivity (Wildman–Crippen MR) is 55.6 cm³/mol. The minimum Gasteiger partial charge on any atom is -0.392 e. The first-order valence-corrected chi connectivity index (χ1v) is 4.16. The van der Waals surface area contributed by atoms with Gasteiger partial charge in [0.15, 0.2) is 0 Å². The first-order chi connectivity index (χ1) is 7.11. The van der Waals surface area contributed by atoms with Crippen molar-refractivity contribution in [2.24, 2.45) is 0 Å². The fraction of sp³-hybridized carbons (Fsp3) is 0. The van der Waals surface area contributed by atoms with Crippen molar-refractivity contribution in [3.63, 3.8) is 0 Å². The molecule has 0 radical (unpaired) electrons. The van der Waals surface area contributed by atoms with Crippen molar-refractivity contribution in [1.29, 1.82) is 0 Å². The zero-order chi connectivity index (χ0) is 11.0. The highest BCUT2D eigenvalue weighted by Gasteiger charge is 2.19. The van der Waals surface area contributed by atoms with E-state index >= 15 is 0 Å². The lowest BCUT2D eigenvalue weighted by molar-refractivity contribution is -0.385. The molecule has 0 amide bonds. The van der Waals surface area contributed by atoms with Gasteiger partial charge < -0.3 is 10.7 Å². The Balaban J connectivity index is 2.97. The number of aromatic nitrogens is 1. The Labute approximate surface area is 83.5 Å². The molecule has 76 valence electrons. The molecular weight excluding hydrogens is 198 g/mol. The summed E-state index contributed by atoms with van der Waals surface area (Å²) in [5.74, 6) is 0. The van der Waals surface area contributed by atoms with Crippen molar-refractivity contribution in [2.45, 2.75) is 0 Å². The number of anilines is 1. The van der Waals surface area contributed by atoms with Gasteiger partial charge in [-0.05, 0) is 6.07 Å². The molecule has 1 aromatic carbocycles. The third-order valence-electron chi connectivity index (χ3n) is 2.12. The Morgan fingerprint density at radius 2 is 2.00 bits per heavy atom. The molecule has 6 nitrogen and oxygen atoms in total. The standard InChI is InChI=1S/C9H7N3O3/c10-7-5-3-1-2-4-6(5)11-9(13)8(7)12(14)15/h1-4H,(H3,10,11,13). The molecule has 0 atom stereocenters. The second-order valence-electron chi connectivity index (χ2n) is 3.02. The van der Waals surface area contributed by atoms with Crippen LogP contribution < -0.4 is 11.3 Å². The summed E-state index contributed by atoms with van der Waals surface area (Å²) in [6.07, 6.45) is 0. The monoisotopic (exact) mass is 205 g/mol. The first kappa shape index (κ1) is 9.20. The smallest absolute Gasteiger partial charge is 0.357 e. The highest BCUT2D eigenvalue weighted by atomic mass is 16.6. The second-order valence-corrected chi connectivity index (χ2v) is 3.02. The summed E-state index contributed by atoms with van der Waals surface area (Å²) in [6.45, 7) is 0. The van der Waals surface area contributed by atoms with Gasteiger partial charge in [-0.15, -0.1) is 0 Å². The van der Waals surface area contributed by atoms with Crippen LogP contribution in [0.2, 0.25) is 0 Å². The number of hydrogen-bond donors (Lipinski definition) is 2. The number of rotatable bonds is 1. The normalized spacial score (nSPS) is 10.4. The highest BCUT2D eigenvalue weighted by Crippen LogP contribution is 2.24. The lowest BCUT2D eigenvalue weighted by Crippen LogP contribution is -2.14. The molecule has 0 aliphatic heterocycles. The number of nitrogen functional groups attached to an aromatic ring is 1. The molecule has 2 aromatic rings. The molecule has 15 heavy (non-hydrogen) atoms. The minimum atomic E-state index is -0.781. The van der Waals surface area contributed by atoms with Crippen LogP contribution >= 0.6 is 0 Å². The van der Waals surface area contributed by atoms with E-state index in [1.165, 1.54) is 0 Å². The number of nitrogens with zero attached hydrogens (tertiary/aromatic N) is 1. The average molecular weight is 205 g/mol. The fourth-order valence-electron chi connectivity index (χ4n) is 1.44. The number of para-hydroxylation sites is 1. The quantitative estimate of drug-likeness (QED) is 0.535. The molecule has 1 aromatic heterocycles. The van der Waals surface area contributed by atoms with Crippen LogP contribution in [0.1, 0.15) is 0 Å². The van der Waals surface area contributed by atoms with Crippen LogP contribution in [0.5, 0.6) is 0 Å². The number of pyridine rings is 1. The van der Waals surface area contributed by atoms with Crippen LogP contribution in [0.25, 0.3) is 10.9 Å². The Morgan fingerprint density at radius 1 is 1.33 bits per heavy atom. The third-order valence-corrected chi connectivity index (χ3v) is 2.12. The fourth-order valence-corrected chi connectivity index (χ4v) is 1.44. The molecule has 6 heteroatoms. The Hall–Kier alpha value is -2.37. The maximum atomic E-state index is 11.3. The van der Waals surface area contributed by atoms with Crippen molar-refractivity contribution < 1.29 is 4.92 Å². The maximum absolute atomic E-state index is 11.3. The van der Waals surface area contributed by atoms with Gasteiger partial charge in [0, 0.05) is 5.39 Å². The molecule has 0 saturated heterocycles. The van der Waals surface area contributed by atoms with Gasteiger partial charge in [-0.25, -0.2) is 0 Å². The molecule has 1 heterocycles. The predicted octanol–water partition coefficient (Wildman–Crippen LogP) is 1.02. The highest BCUT2D eigenvalue weighted by molar-refractivity contribution is 5.94. The van der Waals surface area contributed by atoms with Crippen LogP contribution in [0.4, 0.5) is 11.4 Å². The number of aromatic amines is 1. The largest absolute Gasteiger partial charge is 0.392 e. The summed E-state index contributed by atoms with van der Waals surface area (Å²) >= 11 is 0. The van der Waals surface area contributed by atoms with Crippen LogP contribution in [0.3, 0.4) is 0 Å². The number of nitrogens with one attached hydrogen (secondary N) is 1. The Kier molecular flexibility index (Phi) is 1.89. The molecule has 0 bridgehead atoms. The van der Waals surface area contributed by atoms with E-state index in [0.29, 0.717) is 10.9 Å². The zero-order valence-corrected chi connectivity index (χ0v) is 7.56. The molecular formula is C9H7N3O3. The van der Waals surface area contributed by atoms with E-state index < -0.39 is 16.2 Å². The van der Waals surface area contributed by atoms with Gasteiger partial charge in [-0.2, -0.15) is 0 Å². The van der Waals surface area contributed by atoms with Gasteiger partial charge in [-0.3, -0.25) is 14.9 Å².